The van der Waals surface area contributed by atoms with E-state index in [1.54, 1.807) is 12.1 Å². The summed E-state index contributed by atoms with van der Waals surface area (Å²) in [5.74, 6) is -1.52. The van der Waals surface area contributed by atoms with E-state index in [2.05, 4.69) is 10.6 Å². The largest absolute Gasteiger partial charge is 0.475 e. The lowest BCUT2D eigenvalue weighted by Gasteiger charge is -2.24. The van der Waals surface area contributed by atoms with Crippen molar-refractivity contribution in [1.29, 1.82) is 0 Å². The summed E-state index contributed by atoms with van der Waals surface area (Å²) in [5, 5.41) is 25.0. The Morgan fingerprint density at radius 3 is 2.06 bits per heavy atom. The molecule has 6 nitrogen and oxygen atoms in total. The van der Waals surface area contributed by atoms with E-state index in [0.29, 0.717) is 12.0 Å². The molecule has 0 aliphatic rings. The molecule has 0 fully saturated rings. The summed E-state index contributed by atoms with van der Waals surface area (Å²) >= 11 is 0. The van der Waals surface area contributed by atoms with Gasteiger partial charge in [0.15, 0.2) is 0 Å². The monoisotopic (exact) mass is 458 g/mol. The van der Waals surface area contributed by atoms with Crippen LogP contribution in [0.1, 0.15) is 36.2 Å². The van der Waals surface area contributed by atoms with Gasteiger partial charge in [-0.05, 0) is 41.2 Å². The summed E-state index contributed by atoms with van der Waals surface area (Å²) < 4.78 is 0. The van der Waals surface area contributed by atoms with E-state index in [9.17, 15) is 19.6 Å². The zero-order chi connectivity index (χ0) is 24.5. The summed E-state index contributed by atoms with van der Waals surface area (Å²) in [5.41, 5.74) is 3.21. The van der Waals surface area contributed by atoms with Crippen molar-refractivity contribution >= 4 is 18.9 Å². The zero-order valence-corrected chi connectivity index (χ0v) is 19.5. The van der Waals surface area contributed by atoms with Crippen LogP contribution in [0.5, 0.6) is 0 Å². The smallest absolute Gasteiger partial charge is 0.426 e. The first-order valence-electron chi connectivity index (χ1n) is 11.5. The van der Waals surface area contributed by atoms with Crippen LogP contribution < -0.4 is 10.6 Å². The van der Waals surface area contributed by atoms with E-state index >= 15 is 0 Å². The second kappa shape index (κ2) is 12.2. The number of amides is 2. The molecule has 2 amide bonds. The highest BCUT2D eigenvalue weighted by Crippen LogP contribution is 2.20. The number of rotatable bonds is 10. The Kier molecular flexibility index (Phi) is 9.02. The summed E-state index contributed by atoms with van der Waals surface area (Å²) in [6, 6.07) is 25.5. The molecule has 176 valence electrons. The summed E-state index contributed by atoms with van der Waals surface area (Å²) in [6.45, 7) is 3.87. The molecule has 0 aromatic heterocycles. The second-order valence-electron chi connectivity index (χ2n) is 8.82. The van der Waals surface area contributed by atoms with Gasteiger partial charge in [-0.2, -0.15) is 0 Å². The molecule has 0 aliphatic carbocycles. The average Bonchev–Trinajstić information content (AvgIpc) is 2.84. The molecule has 0 aliphatic heterocycles. The predicted octanol–water partition coefficient (Wildman–Crippen LogP) is 3.24. The maximum Gasteiger partial charge on any atom is 0.475 e. The van der Waals surface area contributed by atoms with Gasteiger partial charge in [0.25, 0.3) is 5.91 Å². The van der Waals surface area contributed by atoms with Gasteiger partial charge in [-0.3, -0.25) is 9.59 Å². The maximum absolute atomic E-state index is 13.2. The second-order valence-corrected chi connectivity index (χ2v) is 8.82. The average molecular weight is 458 g/mol. The molecular formula is C27H31BN2O4. The fourth-order valence-corrected chi connectivity index (χ4v) is 3.82. The molecule has 0 bridgehead atoms. The minimum Gasteiger partial charge on any atom is -0.426 e. The fraction of sp³-hybridized carbons (Fsp3) is 0.259. The van der Waals surface area contributed by atoms with Crippen molar-refractivity contribution in [3.05, 3.63) is 96.1 Å². The molecule has 7 heteroatoms. The summed E-state index contributed by atoms with van der Waals surface area (Å²) in [4.78, 5) is 26.3. The van der Waals surface area contributed by atoms with Crippen LogP contribution in [0.4, 0.5) is 0 Å². The van der Waals surface area contributed by atoms with Crippen LogP contribution in [-0.2, 0) is 11.2 Å². The molecule has 0 saturated carbocycles. The normalized spacial score (nSPS) is 12.6. The number of carbonyl (C=O) groups is 2. The van der Waals surface area contributed by atoms with E-state index in [0.717, 1.165) is 16.7 Å². The number of benzene rings is 3. The van der Waals surface area contributed by atoms with Crippen molar-refractivity contribution < 1.29 is 19.6 Å². The zero-order valence-electron chi connectivity index (χ0n) is 19.5. The molecule has 3 aromatic rings. The fourth-order valence-electron chi connectivity index (χ4n) is 3.82. The van der Waals surface area contributed by atoms with Crippen molar-refractivity contribution in [2.75, 3.05) is 0 Å². The molecule has 2 atom stereocenters. The molecule has 0 heterocycles. The van der Waals surface area contributed by atoms with Crippen LogP contribution in [0.3, 0.4) is 0 Å². The topological polar surface area (TPSA) is 98.7 Å². The van der Waals surface area contributed by atoms with Crippen LogP contribution in [0.2, 0.25) is 0 Å². The van der Waals surface area contributed by atoms with Crippen molar-refractivity contribution in [3.8, 4) is 11.1 Å². The van der Waals surface area contributed by atoms with E-state index < -0.39 is 25.0 Å². The van der Waals surface area contributed by atoms with Gasteiger partial charge in [-0.15, -0.1) is 0 Å². The first-order chi connectivity index (χ1) is 16.3. The molecule has 3 rings (SSSR count). The molecule has 3 aromatic carbocycles. The quantitative estimate of drug-likeness (QED) is 0.351. The first kappa shape index (κ1) is 25.2. The van der Waals surface area contributed by atoms with Gasteiger partial charge < -0.3 is 20.7 Å². The molecule has 0 spiro atoms. The maximum atomic E-state index is 13.2. The van der Waals surface area contributed by atoms with Crippen molar-refractivity contribution in [1.82, 2.24) is 10.6 Å². The lowest BCUT2D eigenvalue weighted by Crippen LogP contribution is -2.55. The Hall–Kier alpha value is -3.42. The standard InChI is InChI=1S/C27H31BN2O4/c1-19(2)16-25(28(33)34)30-27(32)24(17-20-10-5-3-6-11-20)29-26(31)23-15-9-14-22(18-23)21-12-7-4-8-13-21/h3-15,18-19,24-25,33-34H,16-17H2,1-2H3,(H,29,31)(H,30,32)/t24-,25-/m0/s1. The van der Waals surface area contributed by atoms with E-state index in [-0.39, 0.29) is 18.2 Å². The van der Waals surface area contributed by atoms with Crippen LogP contribution in [0, 0.1) is 5.92 Å². The van der Waals surface area contributed by atoms with Gasteiger partial charge in [0, 0.05) is 12.0 Å². The third-order valence-electron chi connectivity index (χ3n) is 5.55. The van der Waals surface area contributed by atoms with Crippen molar-refractivity contribution in [2.24, 2.45) is 5.92 Å². The van der Waals surface area contributed by atoms with E-state index in [1.165, 1.54) is 0 Å². The lowest BCUT2D eigenvalue weighted by molar-refractivity contribution is -0.123. The van der Waals surface area contributed by atoms with Crippen molar-refractivity contribution in [2.45, 2.75) is 38.7 Å². The predicted molar refractivity (Wildman–Crippen MR) is 135 cm³/mol. The third-order valence-corrected chi connectivity index (χ3v) is 5.55. The van der Waals surface area contributed by atoms with Gasteiger partial charge in [-0.1, -0.05) is 86.6 Å². The lowest BCUT2D eigenvalue weighted by atomic mass is 9.75. The van der Waals surface area contributed by atoms with Gasteiger partial charge in [0.2, 0.25) is 5.91 Å². The Bertz CT molecular complexity index is 1070. The molecular weight excluding hydrogens is 427 g/mol. The number of hydrogen-bond donors (Lipinski definition) is 4. The van der Waals surface area contributed by atoms with Gasteiger partial charge in [0.1, 0.15) is 6.04 Å². The van der Waals surface area contributed by atoms with Gasteiger partial charge >= 0.3 is 7.12 Å². The Morgan fingerprint density at radius 1 is 0.824 bits per heavy atom. The Morgan fingerprint density at radius 2 is 1.44 bits per heavy atom. The number of nitrogens with one attached hydrogen (secondary N) is 2. The Labute approximate surface area is 201 Å². The molecule has 0 unspecified atom stereocenters. The first-order valence-corrected chi connectivity index (χ1v) is 11.5. The van der Waals surface area contributed by atoms with Crippen LogP contribution in [-0.4, -0.2) is 41.0 Å². The Balaban J connectivity index is 1.81. The molecule has 4 N–H and O–H groups in total. The highest BCUT2D eigenvalue weighted by atomic mass is 16.4. The SMILES string of the molecule is CC(C)C[C@H](NC(=O)[C@H](Cc1ccccc1)NC(=O)c1cccc(-c2ccccc2)c1)B(O)O. The summed E-state index contributed by atoms with van der Waals surface area (Å²) in [6.07, 6.45) is 0.668. The molecule has 0 saturated heterocycles. The third kappa shape index (κ3) is 7.30. The van der Waals surface area contributed by atoms with Crippen LogP contribution in [0.15, 0.2) is 84.9 Å². The number of carbonyl (C=O) groups excluding carboxylic acids is 2. The van der Waals surface area contributed by atoms with Crippen molar-refractivity contribution in [3.63, 3.8) is 0 Å². The summed E-state index contributed by atoms with van der Waals surface area (Å²) in [7, 11) is -1.69. The van der Waals surface area contributed by atoms with Crippen LogP contribution >= 0.6 is 0 Å². The highest BCUT2D eigenvalue weighted by Gasteiger charge is 2.30. The van der Waals surface area contributed by atoms with Crippen LogP contribution in [0.25, 0.3) is 11.1 Å². The number of hydrogen-bond acceptors (Lipinski definition) is 4. The molecule has 34 heavy (non-hydrogen) atoms. The van der Waals surface area contributed by atoms with E-state index in [4.69, 9.17) is 0 Å². The minimum atomic E-state index is -1.69. The van der Waals surface area contributed by atoms with E-state index in [1.807, 2.05) is 86.6 Å². The van der Waals surface area contributed by atoms with Gasteiger partial charge in [-0.25, -0.2) is 0 Å². The highest BCUT2D eigenvalue weighted by molar-refractivity contribution is 6.43. The molecule has 0 radical (unpaired) electrons. The van der Waals surface area contributed by atoms with Gasteiger partial charge in [0.05, 0.1) is 5.94 Å². The minimum absolute atomic E-state index is 0.148.